The van der Waals surface area contributed by atoms with Crippen molar-refractivity contribution in [2.75, 3.05) is 13.2 Å². The van der Waals surface area contributed by atoms with E-state index in [0.717, 1.165) is 10.9 Å². The van der Waals surface area contributed by atoms with Gasteiger partial charge in [-0.15, -0.1) is 11.3 Å². The highest BCUT2D eigenvalue weighted by molar-refractivity contribution is 9.10. The minimum absolute atomic E-state index is 0.0692. The molecule has 200 valence electrons. The summed E-state index contributed by atoms with van der Waals surface area (Å²) in [6.45, 7) is 9.07. The third-order valence-corrected chi connectivity index (χ3v) is 7.47. The van der Waals surface area contributed by atoms with Crippen LogP contribution in [0.1, 0.15) is 51.3 Å². The Hall–Kier alpha value is -1.54. The molecule has 3 rings (SSSR count). The van der Waals surface area contributed by atoms with Crippen LogP contribution in [-0.4, -0.2) is 48.0 Å². The number of aliphatic hydroxyl groups excluding tert-OH is 2. The summed E-state index contributed by atoms with van der Waals surface area (Å²) in [7, 11) is 0. The van der Waals surface area contributed by atoms with Crippen molar-refractivity contribution in [1.29, 1.82) is 5.26 Å². The second-order valence-corrected chi connectivity index (χ2v) is 12.1. The van der Waals surface area contributed by atoms with Gasteiger partial charge in [0.2, 0.25) is 6.41 Å². The van der Waals surface area contributed by atoms with Gasteiger partial charge in [-0.3, -0.25) is 4.79 Å². The number of hydrogen-bond acceptors (Lipinski definition) is 6. The second kappa shape index (κ2) is 16.3. The van der Waals surface area contributed by atoms with Gasteiger partial charge >= 0.3 is 0 Å². The molecule has 5 unspecified atom stereocenters. The number of aliphatic hydroxyl groups is 2. The van der Waals surface area contributed by atoms with Gasteiger partial charge in [0, 0.05) is 44.3 Å². The highest BCUT2D eigenvalue weighted by atomic mass is 79.9. The lowest BCUT2D eigenvalue weighted by Gasteiger charge is -2.25. The Morgan fingerprint density at radius 2 is 2.08 bits per heavy atom. The fourth-order valence-corrected chi connectivity index (χ4v) is 5.78. The molecule has 1 aliphatic heterocycles. The van der Waals surface area contributed by atoms with E-state index in [0.29, 0.717) is 42.4 Å². The van der Waals surface area contributed by atoms with Crippen LogP contribution in [-0.2, 0) is 4.79 Å². The largest absolute Gasteiger partial charge is 0.394 e. The predicted octanol–water partition coefficient (Wildman–Crippen LogP) is 5.49. The normalized spacial score (nSPS) is 21.8. The van der Waals surface area contributed by atoms with Crippen LogP contribution in [0.3, 0.4) is 0 Å². The van der Waals surface area contributed by atoms with Gasteiger partial charge in [0.25, 0.3) is 0 Å². The van der Waals surface area contributed by atoms with Crippen molar-refractivity contribution in [2.45, 2.75) is 64.6 Å². The van der Waals surface area contributed by atoms with Crippen LogP contribution in [0.15, 0.2) is 40.2 Å². The molecule has 2 heterocycles. The molecule has 1 fully saturated rings. The van der Waals surface area contributed by atoms with E-state index in [1.54, 1.807) is 23.5 Å². The minimum atomic E-state index is -0.711. The van der Waals surface area contributed by atoms with Gasteiger partial charge in [0.05, 0.1) is 24.7 Å². The van der Waals surface area contributed by atoms with Gasteiger partial charge in [-0.25, -0.2) is 4.39 Å². The van der Waals surface area contributed by atoms with Crippen LogP contribution in [0.2, 0.25) is 5.02 Å². The van der Waals surface area contributed by atoms with Crippen LogP contribution in [0, 0.1) is 28.5 Å². The molecular weight excluding hydrogens is 569 g/mol. The van der Waals surface area contributed by atoms with Crippen LogP contribution in [0.5, 0.6) is 0 Å². The van der Waals surface area contributed by atoms with E-state index in [-0.39, 0.29) is 23.8 Å². The third-order valence-electron chi connectivity index (χ3n) is 5.44. The average molecular weight is 605 g/mol. The van der Waals surface area contributed by atoms with Crippen molar-refractivity contribution in [1.82, 2.24) is 10.6 Å². The molecule has 5 atom stereocenters. The minimum Gasteiger partial charge on any atom is -0.394 e. The summed E-state index contributed by atoms with van der Waals surface area (Å²) in [5.74, 6) is 0.0888. The summed E-state index contributed by atoms with van der Waals surface area (Å²) in [5, 5.41) is 35.1. The average Bonchev–Trinajstić information content (AvgIpc) is 3.35. The highest BCUT2D eigenvalue weighted by Gasteiger charge is 2.43. The molecule has 0 radical (unpaired) electrons. The van der Waals surface area contributed by atoms with E-state index in [1.165, 1.54) is 17.0 Å². The molecular formula is C26H36BrClFN3O3S. The maximum Gasteiger partial charge on any atom is 0.207 e. The maximum atomic E-state index is 12.1. The molecule has 0 saturated carbocycles. The number of nitriles is 1. The number of carbonyl (C=O) groups excluding carboxylic acids is 1. The van der Waals surface area contributed by atoms with E-state index in [2.05, 4.69) is 71.8 Å². The first-order valence-electron chi connectivity index (χ1n) is 11.7. The quantitative estimate of drug-likeness (QED) is 0.247. The van der Waals surface area contributed by atoms with Gasteiger partial charge in [-0.05, 0) is 65.4 Å². The van der Waals surface area contributed by atoms with Gasteiger partial charge in [0.1, 0.15) is 5.82 Å². The molecule has 4 N–H and O–H groups in total. The van der Waals surface area contributed by atoms with E-state index in [9.17, 15) is 14.4 Å². The van der Waals surface area contributed by atoms with Crippen molar-refractivity contribution >= 4 is 45.3 Å². The summed E-state index contributed by atoms with van der Waals surface area (Å²) in [6, 6.07) is 11.2. The molecule has 1 aliphatic rings. The fraction of sp³-hybridized carbons (Fsp3) is 0.538. The molecule has 0 bridgehead atoms. The Labute approximate surface area is 231 Å². The van der Waals surface area contributed by atoms with Crippen molar-refractivity contribution in [2.24, 2.45) is 11.3 Å². The van der Waals surface area contributed by atoms with Crippen molar-refractivity contribution in [3.63, 3.8) is 0 Å². The Morgan fingerprint density at radius 1 is 1.39 bits per heavy atom. The molecule has 6 nitrogen and oxygen atoms in total. The van der Waals surface area contributed by atoms with E-state index in [1.807, 2.05) is 0 Å². The van der Waals surface area contributed by atoms with E-state index < -0.39 is 6.10 Å². The van der Waals surface area contributed by atoms with Crippen LogP contribution < -0.4 is 10.6 Å². The molecule has 1 aromatic carbocycles. The van der Waals surface area contributed by atoms with E-state index >= 15 is 0 Å². The number of nitrogens with one attached hydrogen (secondary N) is 2. The van der Waals surface area contributed by atoms with Gasteiger partial charge in [-0.2, -0.15) is 5.26 Å². The summed E-state index contributed by atoms with van der Waals surface area (Å²) in [5.41, 5.74) is 0.247. The van der Waals surface area contributed by atoms with Gasteiger partial charge < -0.3 is 20.8 Å². The second-order valence-electron chi connectivity index (χ2n) is 9.81. The first-order valence-corrected chi connectivity index (χ1v) is 13.7. The van der Waals surface area contributed by atoms with Crippen LogP contribution >= 0.6 is 38.9 Å². The van der Waals surface area contributed by atoms with Gasteiger partial charge in [-0.1, -0.05) is 38.4 Å². The molecule has 10 heteroatoms. The summed E-state index contributed by atoms with van der Waals surface area (Å²) in [4.78, 5) is 10.9. The Morgan fingerprint density at radius 3 is 2.53 bits per heavy atom. The predicted molar refractivity (Wildman–Crippen MR) is 148 cm³/mol. The molecule has 1 amide bonds. The van der Waals surface area contributed by atoms with Crippen molar-refractivity contribution < 1.29 is 19.4 Å². The molecule has 36 heavy (non-hydrogen) atoms. The first-order chi connectivity index (χ1) is 16.9. The zero-order valence-corrected chi connectivity index (χ0v) is 24.2. The Kier molecular flexibility index (Phi) is 14.7. The standard InChI is InChI=1S/C15H21BrN2S.C6H4ClF.C5H11NO3/c1-9-14(13-5-10(16)8-19-13)11(7-17)12(18-9)6-15(2,3)4;7-5-2-1-3-6(8)4-5;7-3-5(9)1-2-6-4-8/h5,8-9,11-12,14,18H,6H2,1-4H3;1-4H;4-5,7,9H,1-3H2,(H,6,8). The maximum absolute atomic E-state index is 12.1. The fourth-order valence-electron chi connectivity index (χ4n) is 3.91. The lowest BCUT2D eigenvalue weighted by atomic mass is 9.80. The number of nitrogens with zero attached hydrogens (tertiary/aromatic N) is 1. The van der Waals surface area contributed by atoms with Crippen molar-refractivity contribution in [3.05, 3.63) is 55.9 Å². The Bertz CT molecular complexity index is 949. The van der Waals surface area contributed by atoms with Crippen LogP contribution in [0.4, 0.5) is 4.39 Å². The lowest BCUT2D eigenvalue weighted by Crippen LogP contribution is -2.33. The van der Waals surface area contributed by atoms with E-state index in [4.69, 9.17) is 21.8 Å². The summed E-state index contributed by atoms with van der Waals surface area (Å²) >= 11 is 10.7. The smallest absolute Gasteiger partial charge is 0.207 e. The Balaban J connectivity index is 0.000000317. The lowest BCUT2D eigenvalue weighted by molar-refractivity contribution is -0.109. The van der Waals surface area contributed by atoms with Crippen molar-refractivity contribution in [3.8, 4) is 6.07 Å². The molecule has 1 saturated heterocycles. The SMILES string of the molecule is CC1NC(CC(C)(C)C)C(C#N)C1c1cc(Br)cs1.Fc1cccc(Cl)c1.O=CNCCC(O)CO. The zero-order chi connectivity index (χ0) is 27.3. The number of rotatable bonds is 7. The topological polar surface area (TPSA) is 105 Å². The first kappa shape index (κ1) is 32.5. The van der Waals surface area contributed by atoms with Crippen LogP contribution in [0.25, 0.3) is 0 Å². The number of amides is 1. The monoisotopic (exact) mass is 603 g/mol. The highest BCUT2D eigenvalue weighted by Crippen LogP contribution is 2.42. The number of benzene rings is 1. The molecule has 0 spiro atoms. The third kappa shape index (κ3) is 12.1. The zero-order valence-electron chi connectivity index (χ0n) is 21.0. The van der Waals surface area contributed by atoms with Gasteiger partial charge in [0.15, 0.2) is 0 Å². The number of hydrogen-bond donors (Lipinski definition) is 4. The number of halogens is 3. The summed E-state index contributed by atoms with van der Waals surface area (Å²) in [6.07, 6.45) is 1.29. The molecule has 2 aromatic rings. The number of thiophene rings is 1. The molecule has 0 aliphatic carbocycles. The summed E-state index contributed by atoms with van der Waals surface area (Å²) < 4.78 is 13.2. The number of carbonyl (C=O) groups is 1. The molecule has 1 aromatic heterocycles.